The Morgan fingerprint density at radius 3 is 1.00 bits per heavy atom. The third-order valence-corrected chi connectivity index (χ3v) is 9.59. The lowest BCUT2D eigenvalue weighted by Gasteiger charge is -2.15. The number of unbranched alkanes of at least 4 members (excludes halogenated alkanes) is 28. The predicted molar refractivity (Wildman–Crippen MR) is 194 cm³/mol. The first-order valence-corrected chi connectivity index (χ1v) is 20.7. The van der Waals surface area contributed by atoms with Crippen LogP contribution in [0.1, 0.15) is 219 Å². The number of esters is 2. The fourth-order valence-electron chi connectivity index (χ4n) is 5.89. The molecule has 1 atom stereocenters. The highest BCUT2D eigenvalue weighted by Crippen LogP contribution is 2.16. The third kappa shape index (κ3) is 34.3. The molecule has 0 heterocycles. The Balaban J connectivity index is 3.49. The van der Waals surface area contributed by atoms with Crippen molar-refractivity contribution in [2.75, 3.05) is 11.9 Å². The highest BCUT2D eigenvalue weighted by atomic mass is 79.9. The first kappa shape index (κ1) is 43.4. The van der Waals surface area contributed by atoms with Crippen LogP contribution < -0.4 is 0 Å². The number of ether oxygens (including phenoxy) is 2. The van der Waals surface area contributed by atoms with Crippen molar-refractivity contribution in [1.82, 2.24) is 0 Å². The van der Waals surface area contributed by atoms with Crippen LogP contribution in [0.5, 0.6) is 0 Å². The maximum absolute atomic E-state index is 12.2. The van der Waals surface area contributed by atoms with Gasteiger partial charge in [-0.1, -0.05) is 210 Å². The van der Waals surface area contributed by atoms with Gasteiger partial charge < -0.3 is 9.47 Å². The van der Waals surface area contributed by atoms with Crippen LogP contribution in [-0.4, -0.2) is 30.0 Å². The molecule has 0 aromatic heterocycles. The van der Waals surface area contributed by atoms with Gasteiger partial charge in [-0.25, -0.2) is 0 Å². The molecular formula is C39H75BrO4. The Kier molecular flexibility index (Phi) is 36.4. The molecule has 0 aromatic rings. The van der Waals surface area contributed by atoms with E-state index in [2.05, 4.69) is 29.8 Å². The summed E-state index contributed by atoms with van der Waals surface area (Å²) < 4.78 is 10.9. The minimum Gasteiger partial charge on any atom is -0.462 e. The van der Waals surface area contributed by atoms with E-state index >= 15 is 0 Å². The molecule has 0 fully saturated rings. The number of carbonyl (C=O) groups excluding carboxylic acids is 2. The summed E-state index contributed by atoms with van der Waals surface area (Å²) in [5.41, 5.74) is 0. The van der Waals surface area contributed by atoms with Crippen molar-refractivity contribution in [3.8, 4) is 0 Å². The predicted octanol–water partition coefficient (Wildman–Crippen LogP) is 13.4. The second-order valence-corrected chi connectivity index (χ2v) is 14.0. The number of carbonyl (C=O) groups is 2. The summed E-state index contributed by atoms with van der Waals surface area (Å²) in [5, 5.41) is 0.490. The van der Waals surface area contributed by atoms with Gasteiger partial charge in [0.25, 0.3) is 0 Å². The maximum Gasteiger partial charge on any atom is 0.306 e. The molecule has 0 amide bonds. The molecule has 4 nitrogen and oxygen atoms in total. The molecule has 0 saturated carbocycles. The van der Waals surface area contributed by atoms with Crippen LogP contribution in [-0.2, 0) is 19.1 Å². The number of alkyl halides is 1. The molecule has 44 heavy (non-hydrogen) atoms. The highest BCUT2D eigenvalue weighted by molar-refractivity contribution is 9.09. The zero-order chi connectivity index (χ0) is 32.2. The second-order valence-electron chi connectivity index (χ2n) is 13.3. The lowest BCUT2D eigenvalue weighted by Crippen LogP contribution is -2.26. The SMILES string of the molecule is CCCCCCCCCCCCCCCCCC(=O)OCC(CBr)OC(=O)CCCCCCCCCCCCCCCCC. The molecule has 0 aromatic carbocycles. The van der Waals surface area contributed by atoms with Crippen molar-refractivity contribution in [3.05, 3.63) is 0 Å². The zero-order valence-electron chi connectivity index (χ0n) is 29.6. The molecule has 5 heteroatoms. The van der Waals surface area contributed by atoms with Crippen LogP contribution in [0.25, 0.3) is 0 Å². The maximum atomic E-state index is 12.2. The van der Waals surface area contributed by atoms with Crippen LogP contribution in [0.2, 0.25) is 0 Å². The van der Waals surface area contributed by atoms with Gasteiger partial charge in [-0.3, -0.25) is 9.59 Å². The van der Waals surface area contributed by atoms with Crippen molar-refractivity contribution >= 4 is 27.9 Å². The third-order valence-electron chi connectivity index (χ3n) is 8.87. The van der Waals surface area contributed by atoms with E-state index in [-0.39, 0.29) is 18.5 Å². The van der Waals surface area contributed by atoms with Crippen LogP contribution >= 0.6 is 15.9 Å². The second kappa shape index (κ2) is 36.9. The van der Waals surface area contributed by atoms with E-state index in [0.717, 1.165) is 25.7 Å². The normalized spacial score (nSPS) is 12.0. The molecular weight excluding hydrogens is 612 g/mol. The van der Waals surface area contributed by atoms with Crippen LogP contribution in [0.4, 0.5) is 0 Å². The molecule has 1 unspecified atom stereocenters. The first-order valence-electron chi connectivity index (χ1n) is 19.5. The minimum absolute atomic E-state index is 0.146. The molecule has 0 rings (SSSR count). The van der Waals surface area contributed by atoms with E-state index in [1.165, 1.54) is 167 Å². The Morgan fingerprint density at radius 1 is 0.432 bits per heavy atom. The lowest BCUT2D eigenvalue weighted by atomic mass is 10.0. The topological polar surface area (TPSA) is 52.6 Å². The van der Waals surface area contributed by atoms with Gasteiger partial charge in [0.2, 0.25) is 0 Å². The molecule has 262 valence electrons. The standard InChI is InChI=1S/C39H75BrO4/c1-3-5-7-9-11-13-15-17-19-21-23-25-27-29-31-33-38(41)43-36-37(35-40)44-39(42)34-32-30-28-26-24-22-20-18-16-14-12-10-8-6-4-2/h37H,3-36H2,1-2H3. The number of halogens is 1. The fourth-order valence-corrected chi connectivity index (χ4v) is 6.21. The summed E-state index contributed by atoms with van der Waals surface area (Å²) in [6.45, 7) is 4.70. The summed E-state index contributed by atoms with van der Waals surface area (Å²) in [6, 6.07) is 0. The van der Waals surface area contributed by atoms with E-state index in [4.69, 9.17) is 9.47 Å². The van der Waals surface area contributed by atoms with E-state index < -0.39 is 6.10 Å². The zero-order valence-corrected chi connectivity index (χ0v) is 31.2. The number of hydrogen-bond acceptors (Lipinski definition) is 4. The Hall–Kier alpha value is -0.580. The van der Waals surface area contributed by atoms with Gasteiger partial charge in [0.05, 0.1) is 0 Å². The fraction of sp³-hybridized carbons (Fsp3) is 0.949. The summed E-state index contributed by atoms with van der Waals surface area (Å²) in [4.78, 5) is 24.4. The van der Waals surface area contributed by atoms with Crippen LogP contribution in [0, 0.1) is 0 Å². The molecule has 0 N–H and O–H groups in total. The van der Waals surface area contributed by atoms with E-state index in [9.17, 15) is 9.59 Å². The quantitative estimate of drug-likeness (QED) is 0.0374. The van der Waals surface area contributed by atoms with Crippen LogP contribution in [0.15, 0.2) is 0 Å². The summed E-state index contributed by atoms with van der Waals surface area (Å²) >= 11 is 3.40. The molecule has 0 radical (unpaired) electrons. The van der Waals surface area contributed by atoms with Crippen molar-refractivity contribution in [3.63, 3.8) is 0 Å². The summed E-state index contributed by atoms with van der Waals surface area (Å²) in [7, 11) is 0. The Labute approximate surface area is 283 Å². The molecule has 0 spiro atoms. The van der Waals surface area contributed by atoms with Gasteiger partial charge in [0, 0.05) is 18.2 Å². The average molecular weight is 688 g/mol. The lowest BCUT2D eigenvalue weighted by molar-refractivity contribution is -0.157. The van der Waals surface area contributed by atoms with Crippen LogP contribution in [0.3, 0.4) is 0 Å². The van der Waals surface area contributed by atoms with Crippen molar-refractivity contribution < 1.29 is 19.1 Å². The van der Waals surface area contributed by atoms with Gasteiger partial charge in [0.15, 0.2) is 0 Å². The summed E-state index contributed by atoms with van der Waals surface area (Å²) in [6.07, 6.45) is 39.9. The van der Waals surface area contributed by atoms with Crippen molar-refractivity contribution in [2.24, 2.45) is 0 Å². The first-order chi connectivity index (χ1) is 21.6. The molecule has 0 aliphatic heterocycles. The number of rotatable bonds is 36. The van der Waals surface area contributed by atoms with Crippen molar-refractivity contribution in [1.29, 1.82) is 0 Å². The number of hydrogen-bond donors (Lipinski definition) is 0. The monoisotopic (exact) mass is 686 g/mol. The Bertz CT molecular complexity index is 597. The van der Waals surface area contributed by atoms with E-state index in [1.807, 2.05) is 0 Å². The smallest absolute Gasteiger partial charge is 0.306 e. The van der Waals surface area contributed by atoms with Gasteiger partial charge in [-0.2, -0.15) is 0 Å². The molecule has 0 saturated heterocycles. The molecule has 0 aliphatic rings. The van der Waals surface area contributed by atoms with Gasteiger partial charge in [-0.05, 0) is 12.8 Å². The largest absolute Gasteiger partial charge is 0.462 e. The van der Waals surface area contributed by atoms with Crippen molar-refractivity contribution in [2.45, 2.75) is 225 Å². The molecule has 0 aliphatic carbocycles. The average Bonchev–Trinajstić information content (AvgIpc) is 3.02. The van der Waals surface area contributed by atoms with Gasteiger partial charge in [0.1, 0.15) is 12.7 Å². The minimum atomic E-state index is -0.399. The molecule has 0 bridgehead atoms. The Morgan fingerprint density at radius 2 is 0.705 bits per heavy atom. The van der Waals surface area contributed by atoms with E-state index in [1.54, 1.807) is 0 Å². The van der Waals surface area contributed by atoms with Gasteiger partial charge in [-0.15, -0.1) is 0 Å². The van der Waals surface area contributed by atoms with Gasteiger partial charge >= 0.3 is 11.9 Å². The van der Waals surface area contributed by atoms with E-state index in [0.29, 0.717) is 18.2 Å². The highest BCUT2D eigenvalue weighted by Gasteiger charge is 2.15. The summed E-state index contributed by atoms with van der Waals surface area (Å²) in [5.74, 6) is -0.355.